The maximum Gasteiger partial charge on any atom is 0.233 e. The van der Waals surface area contributed by atoms with Crippen LogP contribution in [0.25, 0.3) is 0 Å². The number of aliphatic hydroxyl groups is 1. The molecule has 1 amide bonds. The summed E-state index contributed by atoms with van der Waals surface area (Å²) in [6.45, 7) is 1.36. The minimum Gasteiger partial charge on any atom is -0.497 e. The van der Waals surface area contributed by atoms with Gasteiger partial charge < -0.3 is 14.7 Å². The molecule has 2 heterocycles. The van der Waals surface area contributed by atoms with Gasteiger partial charge in [0.05, 0.1) is 12.5 Å². The first-order valence-corrected chi connectivity index (χ1v) is 9.12. The fraction of sp³-hybridized carbons (Fsp3) is 0.429. The number of benzene rings is 1. The van der Waals surface area contributed by atoms with Crippen molar-refractivity contribution < 1.29 is 14.6 Å². The third kappa shape index (κ3) is 2.86. The summed E-state index contributed by atoms with van der Waals surface area (Å²) in [6.07, 6.45) is 5.32. The molecule has 1 aromatic carbocycles. The van der Waals surface area contributed by atoms with E-state index in [0.29, 0.717) is 13.1 Å². The summed E-state index contributed by atoms with van der Waals surface area (Å²) in [4.78, 5) is 19.3. The third-order valence-corrected chi connectivity index (χ3v) is 5.90. The van der Waals surface area contributed by atoms with Gasteiger partial charge in [-0.05, 0) is 48.2 Å². The number of carbonyl (C=O) groups excluding carboxylic acids is 1. The number of methoxy groups -OCH3 is 1. The largest absolute Gasteiger partial charge is 0.497 e. The van der Waals surface area contributed by atoms with Crippen LogP contribution >= 0.6 is 0 Å². The highest BCUT2D eigenvalue weighted by Gasteiger charge is 2.54. The number of amides is 1. The molecule has 5 nitrogen and oxygen atoms in total. The smallest absolute Gasteiger partial charge is 0.233 e. The number of carbonyl (C=O) groups is 1. The second-order valence-electron chi connectivity index (χ2n) is 7.35. The van der Waals surface area contributed by atoms with E-state index in [4.69, 9.17) is 4.74 Å². The van der Waals surface area contributed by atoms with Crippen molar-refractivity contribution in [1.29, 1.82) is 0 Å². The Balaban J connectivity index is 1.54. The SMILES string of the molecule is COc1ccc(C2(C(=O)N3CC(CO)C(c4ccncc4)C3)CC2)cc1. The van der Waals surface area contributed by atoms with Gasteiger partial charge in [0, 0.05) is 43.9 Å². The van der Waals surface area contributed by atoms with Crippen molar-refractivity contribution in [2.24, 2.45) is 5.92 Å². The monoisotopic (exact) mass is 352 g/mol. The minimum absolute atomic E-state index is 0.0769. The van der Waals surface area contributed by atoms with Crippen molar-refractivity contribution in [2.45, 2.75) is 24.2 Å². The second-order valence-corrected chi connectivity index (χ2v) is 7.35. The number of ether oxygens (including phenoxy) is 1. The Morgan fingerprint density at radius 2 is 1.88 bits per heavy atom. The average Bonchev–Trinajstić information content (AvgIpc) is 3.40. The predicted octanol–water partition coefficient (Wildman–Crippen LogP) is 2.36. The van der Waals surface area contributed by atoms with Gasteiger partial charge in [-0.3, -0.25) is 9.78 Å². The van der Waals surface area contributed by atoms with Crippen LogP contribution in [0.1, 0.15) is 29.9 Å². The molecule has 0 spiro atoms. The lowest BCUT2D eigenvalue weighted by Crippen LogP contribution is -2.38. The van der Waals surface area contributed by atoms with Crippen LogP contribution in [0.2, 0.25) is 0 Å². The summed E-state index contributed by atoms with van der Waals surface area (Å²) >= 11 is 0. The van der Waals surface area contributed by atoms with E-state index >= 15 is 0 Å². The van der Waals surface area contributed by atoms with Gasteiger partial charge >= 0.3 is 0 Å². The Labute approximate surface area is 153 Å². The van der Waals surface area contributed by atoms with Crippen LogP contribution < -0.4 is 4.74 Å². The van der Waals surface area contributed by atoms with Crippen LogP contribution in [0.5, 0.6) is 5.75 Å². The highest BCUT2D eigenvalue weighted by molar-refractivity contribution is 5.91. The zero-order chi connectivity index (χ0) is 18.1. The van der Waals surface area contributed by atoms with Gasteiger partial charge in [0.15, 0.2) is 0 Å². The van der Waals surface area contributed by atoms with Crippen molar-refractivity contribution in [3.05, 3.63) is 59.9 Å². The number of hydrogen-bond donors (Lipinski definition) is 1. The van der Waals surface area contributed by atoms with E-state index in [9.17, 15) is 9.90 Å². The Morgan fingerprint density at radius 3 is 2.46 bits per heavy atom. The molecule has 4 rings (SSSR count). The van der Waals surface area contributed by atoms with Crippen LogP contribution in [-0.2, 0) is 10.2 Å². The fourth-order valence-electron chi connectivity index (χ4n) is 4.17. The Bertz CT molecular complexity index is 772. The Hall–Kier alpha value is -2.40. The predicted molar refractivity (Wildman–Crippen MR) is 98.0 cm³/mol. The summed E-state index contributed by atoms with van der Waals surface area (Å²) in [5.74, 6) is 1.24. The van der Waals surface area contributed by atoms with Crippen molar-refractivity contribution in [1.82, 2.24) is 9.88 Å². The maximum atomic E-state index is 13.3. The molecular weight excluding hydrogens is 328 g/mol. The molecule has 26 heavy (non-hydrogen) atoms. The highest BCUT2D eigenvalue weighted by Crippen LogP contribution is 2.51. The van der Waals surface area contributed by atoms with E-state index < -0.39 is 0 Å². The molecule has 0 radical (unpaired) electrons. The Morgan fingerprint density at radius 1 is 1.19 bits per heavy atom. The van der Waals surface area contributed by atoms with Gasteiger partial charge in [-0.15, -0.1) is 0 Å². The van der Waals surface area contributed by atoms with Crippen molar-refractivity contribution in [3.8, 4) is 5.75 Å². The van der Waals surface area contributed by atoms with Gasteiger partial charge in [-0.2, -0.15) is 0 Å². The molecule has 0 bridgehead atoms. The summed E-state index contributed by atoms with van der Waals surface area (Å²) < 4.78 is 5.23. The lowest BCUT2D eigenvalue weighted by atomic mass is 9.90. The molecule has 5 heteroatoms. The zero-order valence-corrected chi connectivity index (χ0v) is 15.0. The van der Waals surface area contributed by atoms with Gasteiger partial charge in [0.1, 0.15) is 5.75 Å². The number of aromatic nitrogens is 1. The van der Waals surface area contributed by atoms with Gasteiger partial charge in [0.2, 0.25) is 5.91 Å². The fourth-order valence-corrected chi connectivity index (χ4v) is 4.17. The van der Waals surface area contributed by atoms with Gasteiger partial charge in [-0.1, -0.05) is 12.1 Å². The standard InChI is InChI=1S/C21H24N2O3/c1-26-18-4-2-17(3-5-18)21(8-9-21)20(25)23-12-16(14-24)19(13-23)15-6-10-22-11-7-15/h2-7,10-11,16,19,24H,8-9,12-14H2,1H3. The van der Waals surface area contributed by atoms with Crippen LogP contribution in [0.3, 0.4) is 0 Å². The van der Waals surface area contributed by atoms with E-state index in [2.05, 4.69) is 4.98 Å². The quantitative estimate of drug-likeness (QED) is 0.897. The third-order valence-electron chi connectivity index (χ3n) is 5.90. The first-order valence-electron chi connectivity index (χ1n) is 9.12. The summed E-state index contributed by atoms with van der Waals surface area (Å²) in [5, 5.41) is 9.82. The van der Waals surface area contributed by atoms with Crippen LogP contribution in [0, 0.1) is 5.92 Å². The first-order chi connectivity index (χ1) is 12.7. The van der Waals surface area contributed by atoms with E-state index in [1.165, 1.54) is 0 Å². The number of rotatable bonds is 5. The molecule has 1 saturated carbocycles. The molecular formula is C21H24N2O3. The van der Waals surface area contributed by atoms with Crippen LogP contribution in [0.4, 0.5) is 0 Å². The van der Waals surface area contributed by atoms with E-state index in [1.807, 2.05) is 41.3 Å². The summed E-state index contributed by atoms with van der Waals surface area (Å²) in [5.41, 5.74) is 1.82. The molecule has 1 aromatic heterocycles. The second kappa shape index (κ2) is 6.72. The number of nitrogens with zero attached hydrogens (tertiary/aromatic N) is 2. The highest BCUT2D eigenvalue weighted by atomic mass is 16.5. The average molecular weight is 352 g/mol. The molecule has 2 aromatic rings. The molecule has 2 fully saturated rings. The lowest BCUT2D eigenvalue weighted by Gasteiger charge is -2.24. The zero-order valence-electron chi connectivity index (χ0n) is 15.0. The van der Waals surface area contributed by atoms with Gasteiger partial charge in [0.25, 0.3) is 0 Å². The molecule has 1 N–H and O–H groups in total. The number of hydrogen-bond acceptors (Lipinski definition) is 4. The van der Waals surface area contributed by atoms with Crippen molar-refractivity contribution in [2.75, 3.05) is 26.8 Å². The molecule has 1 aliphatic carbocycles. The molecule has 2 unspecified atom stereocenters. The summed E-state index contributed by atoms with van der Waals surface area (Å²) in [7, 11) is 1.64. The van der Waals surface area contributed by atoms with E-state index in [1.54, 1.807) is 19.5 Å². The normalized spacial score (nSPS) is 23.7. The van der Waals surface area contributed by atoms with Crippen molar-refractivity contribution >= 4 is 5.91 Å². The lowest BCUT2D eigenvalue weighted by molar-refractivity contribution is -0.133. The topological polar surface area (TPSA) is 62.7 Å². The summed E-state index contributed by atoms with van der Waals surface area (Å²) in [6, 6.07) is 11.8. The number of pyridine rings is 1. The minimum atomic E-state index is -0.389. The van der Waals surface area contributed by atoms with E-state index in [-0.39, 0.29) is 29.8 Å². The van der Waals surface area contributed by atoms with Gasteiger partial charge in [-0.25, -0.2) is 0 Å². The maximum absolute atomic E-state index is 13.3. The Kier molecular flexibility index (Phi) is 4.41. The molecule has 1 aliphatic heterocycles. The van der Waals surface area contributed by atoms with Crippen LogP contribution in [0.15, 0.2) is 48.8 Å². The number of likely N-dealkylation sites (tertiary alicyclic amines) is 1. The molecule has 136 valence electrons. The van der Waals surface area contributed by atoms with E-state index in [0.717, 1.165) is 29.7 Å². The molecule has 2 aliphatic rings. The molecule has 2 atom stereocenters. The molecule has 1 saturated heterocycles. The number of aliphatic hydroxyl groups excluding tert-OH is 1. The van der Waals surface area contributed by atoms with Crippen molar-refractivity contribution in [3.63, 3.8) is 0 Å². The first kappa shape index (κ1) is 17.0. The van der Waals surface area contributed by atoms with Crippen LogP contribution in [-0.4, -0.2) is 47.7 Å².